The van der Waals surface area contributed by atoms with Crippen molar-refractivity contribution in [3.63, 3.8) is 0 Å². The Labute approximate surface area is 99.1 Å². The number of rotatable bonds is 8. The largest absolute Gasteiger partial charge is 0.461 e. The molecule has 0 aliphatic carbocycles. The molecule has 0 saturated carbocycles. The van der Waals surface area contributed by atoms with Crippen LogP contribution in [0.25, 0.3) is 0 Å². The van der Waals surface area contributed by atoms with Crippen molar-refractivity contribution in [3.8, 4) is 0 Å². The predicted octanol–water partition coefficient (Wildman–Crippen LogP) is -0.440. The number of hydrogen-bond donors (Lipinski definition) is 2. The van der Waals surface area contributed by atoms with Crippen LogP contribution in [-0.4, -0.2) is 48.6 Å². The Kier molecular flexibility index (Phi) is 9.79. The van der Waals surface area contributed by atoms with Crippen molar-refractivity contribution in [3.05, 3.63) is 24.3 Å². The zero-order chi connectivity index (χ0) is 12.9. The Hall–Kier alpha value is -1.66. The normalized spacial score (nSPS) is 10.9. The van der Waals surface area contributed by atoms with Crippen molar-refractivity contribution < 1.29 is 29.3 Å². The number of aliphatic hydroxyl groups is 2. The molecule has 0 unspecified atom stereocenters. The van der Waals surface area contributed by atoms with Crippen LogP contribution in [0.15, 0.2) is 24.3 Å². The van der Waals surface area contributed by atoms with Gasteiger partial charge in [-0.05, 0) is 12.2 Å². The molecule has 0 aromatic carbocycles. The Morgan fingerprint density at radius 3 is 1.59 bits per heavy atom. The molecule has 0 radical (unpaired) electrons. The lowest BCUT2D eigenvalue weighted by molar-refractivity contribution is -0.153. The Bertz CT molecular complexity index is 254. The third-order valence-corrected chi connectivity index (χ3v) is 1.51. The van der Waals surface area contributed by atoms with E-state index in [1.54, 1.807) is 0 Å². The van der Waals surface area contributed by atoms with Crippen LogP contribution in [0.4, 0.5) is 0 Å². The van der Waals surface area contributed by atoms with Crippen molar-refractivity contribution in [1.29, 1.82) is 0 Å². The molecule has 0 aliphatic rings. The molecule has 2 N–H and O–H groups in total. The van der Waals surface area contributed by atoms with E-state index in [-0.39, 0.29) is 26.4 Å². The first-order valence-electron chi connectivity index (χ1n) is 5.03. The summed E-state index contributed by atoms with van der Waals surface area (Å²) in [6, 6.07) is 0. The van der Waals surface area contributed by atoms with E-state index < -0.39 is 18.4 Å². The van der Waals surface area contributed by atoms with E-state index in [9.17, 15) is 9.59 Å². The van der Waals surface area contributed by atoms with Crippen LogP contribution in [0.5, 0.6) is 0 Å². The number of ether oxygens (including phenoxy) is 2. The molecule has 0 bridgehead atoms. The van der Waals surface area contributed by atoms with Crippen LogP contribution in [0.1, 0.15) is 6.42 Å². The smallest absolute Gasteiger partial charge is 0.317 e. The molecule has 0 fully saturated rings. The van der Waals surface area contributed by atoms with E-state index in [0.717, 1.165) is 0 Å². The standard InChI is InChI=1S/C11H16O6/c12-5-1-3-7-16-10(14)9-11(15)17-8-4-2-6-13/h1-4,12-13H,5-9H2/b3-1+,4-2+. The van der Waals surface area contributed by atoms with Gasteiger partial charge in [0.05, 0.1) is 13.2 Å². The lowest BCUT2D eigenvalue weighted by Gasteiger charge is -2.02. The maximum atomic E-state index is 11.0. The van der Waals surface area contributed by atoms with Crippen LogP contribution in [0, 0.1) is 0 Å². The average molecular weight is 244 g/mol. The average Bonchev–Trinajstić information content (AvgIpc) is 2.30. The van der Waals surface area contributed by atoms with Gasteiger partial charge in [-0.1, -0.05) is 12.2 Å². The predicted molar refractivity (Wildman–Crippen MR) is 59.0 cm³/mol. The van der Waals surface area contributed by atoms with Crippen LogP contribution < -0.4 is 0 Å². The molecule has 0 aliphatic heterocycles. The zero-order valence-corrected chi connectivity index (χ0v) is 9.37. The van der Waals surface area contributed by atoms with Gasteiger partial charge in [-0.25, -0.2) is 0 Å². The molecule has 0 rings (SSSR count). The van der Waals surface area contributed by atoms with E-state index in [0.29, 0.717) is 0 Å². The number of hydrogen-bond acceptors (Lipinski definition) is 6. The summed E-state index contributed by atoms with van der Waals surface area (Å²) in [5.41, 5.74) is 0. The van der Waals surface area contributed by atoms with Crippen molar-refractivity contribution in [1.82, 2.24) is 0 Å². The maximum Gasteiger partial charge on any atom is 0.317 e. The van der Waals surface area contributed by atoms with Gasteiger partial charge in [0.1, 0.15) is 19.6 Å². The summed E-state index contributed by atoms with van der Waals surface area (Å²) in [6.07, 6.45) is 5.32. The fraction of sp³-hybridized carbons (Fsp3) is 0.455. The van der Waals surface area contributed by atoms with Crippen molar-refractivity contribution in [2.24, 2.45) is 0 Å². The highest BCUT2D eigenvalue weighted by Gasteiger charge is 2.10. The van der Waals surface area contributed by atoms with Crippen LogP contribution in [-0.2, 0) is 19.1 Å². The highest BCUT2D eigenvalue weighted by molar-refractivity contribution is 5.91. The van der Waals surface area contributed by atoms with Gasteiger partial charge >= 0.3 is 11.9 Å². The SMILES string of the molecule is O=C(CC(=O)OC/C=C/CO)OC/C=C/CO. The second-order valence-electron chi connectivity index (χ2n) is 2.85. The Balaban J connectivity index is 3.62. The van der Waals surface area contributed by atoms with E-state index in [4.69, 9.17) is 10.2 Å². The van der Waals surface area contributed by atoms with Gasteiger partial charge in [-0.3, -0.25) is 9.59 Å². The second kappa shape index (κ2) is 10.8. The van der Waals surface area contributed by atoms with Gasteiger partial charge in [-0.2, -0.15) is 0 Å². The minimum absolute atomic E-state index is 0.0110. The summed E-state index contributed by atoms with van der Waals surface area (Å²) >= 11 is 0. The number of carbonyl (C=O) groups is 2. The Morgan fingerprint density at radius 2 is 1.24 bits per heavy atom. The molecule has 96 valence electrons. The summed E-state index contributed by atoms with van der Waals surface area (Å²) in [5, 5.41) is 16.8. The van der Waals surface area contributed by atoms with Crippen molar-refractivity contribution in [2.75, 3.05) is 26.4 Å². The number of aliphatic hydroxyl groups excluding tert-OH is 2. The third-order valence-electron chi connectivity index (χ3n) is 1.51. The molecule has 0 aromatic heterocycles. The van der Waals surface area contributed by atoms with E-state index in [1.807, 2.05) is 0 Å². The number of carbonyl (C=O) groups excluding carboxylic acids is 2. The maximum absolute atomic E-state index is 11.0. The number of esters is 2. The van der Waals surface area contributed by atoms with Gasteiger partial charge in [0.25, 0.3) is 0 Å². The first-order valence-corrected chi connectivity index (χ1v) is 5.03. The third kappa shape index (κ3) is 10.6. The summed E-state index contributed by atoms with van der Waals surface area (Å²) in [6.45, 7) is -0.234. The molecule has 6 nitrogen and oxygen atoms in total. The zero-order valence-electron chi connectivity index (χ0n) is 9.37. The van der Waals surface area contributed by atoms with Gasteiger partial charge < -0.3 is 19.7 Å². The van der Waals surface area contributed by atoms with Gasteiger partial charge in [0.15, 0.2) is 0 Å². The lowest BCUT2D eigenvalue weighted by atomic mass is 10.4. The molecule has 6 heteroatoms. The topological polar surface area (TPSA) is 93.1 Å². The van der Waals surface area contributed by atoms with Crippen molar-refractivity contribution in [2.45, 2.75) is 6.42 Å². The fourth-order valence-corrected chi connectivity index (χ4v) is 0.787. The molecule has 0 saturated heterocycles. The monoisotopic (exact) mass is 244 g/mol. The van der Waals surface area contributed by atoms with Gasteiger partial charge in [0, 0.05) is 0 Å². The van der Waals surface area contributed by atoms with Crippen LogP contribution in [0.3, 0.4) is 0 Å². The first kappa shape index (κ1) is 15.3. The summed E-state index contributed by atoms with van der Waals surface area (Å²) in [4.78, 5) is 22.1. The lowest BCUT2D eigenvalue weighted by Crippen LogP contribution is -2.14. The molecular weight excluding hydrogens is 228 g/mol. The molecular formula is C11H16O6. The molecule has 0 spiro atoms. The van der Waals surface area contributed by atoms with Crippen LogP contribution in [0.2, 0.25) is 0 Å². The summed E-state index contributed by atoms with van der Waals surface area (Å²) in [5.74, 6) is -1.38. The summed E-state index contributed by atoms with van der Waals surface area (Å²) in [7, 11) is 0. The second-order valence-corrected chi connectivity index (χ2v) is 2.85. The van der Waals surface area contributed by atoms with Gasteiger partial charge in [0.2, 0.25) is 0 Å². The highest BCUT2D eigenvalue weighted by atomic mass is 16.6. The van der Waals surface area contributed by atoms with Crippen molar-refractivity contribution >= 4 is 11.9 Å². The first-order chi connectivity index (χ1) is 8.20. The quantitative estimate of drug-likeness (QED) is 0.341. The molecule has 0 amide bonds. The highest BCUT2D eigenvalue weighted by Crippen LogP contribution is 1.92. The molecule has 0 atom stereocenters. The van der Waals surface area contributed by atoms with E-state index >= 15 is 0 Å². The fourth-order valence-electron chi connectivity index (χ4n) is 0.787. The van der Waals surface area contributed by atoms with E-state index in [1.165, 1.54) is 24.3 Å². The minimum Gasteiger partial charge on any atom is -0.461 e. The molecule has 0 aromatic rings. The van der Waals surface area contributed by atoms with Crippen LogP contribution >= 0.6 is 0 Å². The minimum atomic E-state index is -0.691. The molecule has 17 heavy (non-hydrogen) atoms. The Morgan fingerprint density at radius 1 is 0.824 bits per heavy atom. The summed E-state index contributed by atoms with van der Waals surface area (Å²) < 4.78 is 9.29. The van der Waals surface area contributed by atoms with E-state index in [2.05, 4.69) is 9.47 Å². The van der Waals surface area contributed by atoms with Gasteiger partial charge in [-0.15, -0.1) is 0 Å². The molecule has 0 heterocycles.